The van der Waals surface area contributed by atoms with Crippen LogP contribution in [0.4, 0.5) is 0 Å². The van der Waals surface area contributed by atoms with Gasteiger partial charge in [-0.1, -0.05) is 26.7 Å². The van der Waals surface area contributed by atoms with Crippen LogP contribution >= 0.6 is 0 Å². The van der Waals surface area contributed by atoms with Crippen LogP contribution in [0.15, 0.2) is 0 Å². The molecular weight excluding hydrogens is 212 g/mol. The monoisotopic (exact) mass is 236 g/mol. The summed E-state index contributed by atoms with van der Waals surface area (Å²) in [4.78, 5) is 0. The second kappa shape index (κ2) is 8.07. The fraction of sp³-hybridized carbons (Fsp3) is 1.00. The minimum absolute atomic E-state index is 0.147. The first-order valence-electron chi connectivity index (χ1n) is 5.65. The van der Waals surface area contributed by atoms with Crippen LogP contribution in [0.5, 0.6) is 0 Å². The number of nitrogens with two attached hydrogens (primary N) is 1. The van der Waals surface area contributed by atoms with E-state index in [1.54, 1.807) is 0 Å². The van der Waals surface area contributed by atoms with Gasteiger partial charge in [0.25, 0.3) is 0 Å². The van der Waals surface area contributed by atoms with Crippen molar-refractivity contribution in [2.75, 3.05) is 18.8 Å². The molecule has 5 heteroatoms. The van der Waals surface area contributed by atoms with Crippen molar-refractivity contribution >= 4 is 10.0 Å². The molecule has 4 nitrogen and oxygen atoms in total. The number of nitrogens with one attached hydrogen (secondary N) is 1. The molecule has 15 heavy (non-hydrogen) atoms. The molecular formula is C10H24N2O2S. The summed E-state index contributed by atoms with van der Waals surface area (Å²) in [6.07, 6.45) is 3.68. The molecule has 0 saturated heterocycles. The molecule has 0 fully saturated rings. The van der Waals surface area contributed by atoms with Gasteiger partial charge in [-0.2, -0.15) is 0 Å². The molecule has 0 radical (unpaired) electrons. The van der Waals surface area contributed by atoms with Gasteiger partial charge in [0.15, 0.2) is 0 Å². The van der Waals surface area contributed by atoms with E-state index in [0.717, 1.165) is 19.3 Å². The van der Waals surface area contributed by atoms with E-state index >= 15 is 0 Å². The van der Waals surface area contributed by atoms with Crippen molar-refractivity contribution in [3.05, 3.63) is 0 Å². The number of sulfonamides is 1. The highest BCUT2D eigenvalue weighted by Gasteiger charge is 2.07. The Balaban J connectivity index is 3.49. The van der Waals surface area contributed by atoms with E-state index in [1.165, 1.54) is 0 Å². The Bertz CT molecular complexity index is 238. The SMILES string of the molecule is CC(C)CCCCNS(=O)(=O)CCCN. The van der Waals surface area contributed by atoms with E-state index in [9.17, 15) is 8.42 Å². The predicted molar refractivity (Wildman–Crippen MR) is 64.1 cm³/mol. The Morgan fingerprint density at radius 2 is 1.87 bits per heavy atom. The average Bonchev–Trinajstić information content (AvgIpc) is 2.14. The van der Waals surface area contributed by atoms with Crippen molar-refractivity contribution in [2.45, 2.75) is 39.5 Å². The third-order valence-corrected chi connectivity index (χ3v) is 3.62. The van der Waals surface area contributed by atoms with Crippen molar-refractivity contribution in [3.8, 4) is 0 Å². The molecule has 0 aromatic heterocycles. The van der Waals surface area contributed by atoms with Crippen LogP contribution in [0.3, 0.4) is 0 Å². The largest absolute Gasteiger partial charge is 0.330 e. The molecule has 3 N–H and O–H groups in total. The first kappa shape index (κ1) is 14.9. The number of hydrogen-bond acceptors (Lipinski definition) is 3. The maximum atomic E-state index is 11.3. The van der Waals surface area contributed by atoms with E-state index < -0.39 is 10.0 Å². The summed E-state index contributed by atoms with van der Waals surface area (Å²) in [5, 5.41) is 0. The van der Waals surface area contributed by atoms with Gasteiger partial charge in [-0.15, -0.1) is 0 Å². The van der Waals surface area contributed by atoms with Crippen molar-refractivity contribution in [2.24, 2.45) is 11.7 Å². The van der Waals surface area contributed by atoms with E-state index in [1.807, 2.05) is 0 Å². The average molecular weight is 236 g/mol. The van der Waals surface area contributed by atoms with Crippen LogP contribution in [0.2, 0.25) is 0 Å². The number of hydrogen-bond donors (Lipinski definition) is 2. The summed E-state index contributed by atoms with van der Waals surface area (Å²) >= 11 is 0. The maximum Gasteiger partial charge on any atom is 0.211 e. The summed E-state index contributed by atoms with van der Waals surface area (Å²) in [7, 11) is -3.07. The molecule has 0 unspecified atom stereocenters. The highest BCUT2D eigenvalue weighted by Crippen LogP contribution is 2.05. The number of unbranched alkanes of at least 4 members (excludes halogenated alkanes) is 1. The molecule has 0 aliphatic carbocycles. The Hall–Kier alpha value is -0.130. The Morgan fingerprint density at radius 1 is 1.20 bits per heavy atom. The van der Waals surface area contributed by atoms with Crippen LogP contribution in [0.1, 0.15) is 39.5 Å². The van der Waals surface area contributed by atoms with Crippen molar-refractivity contribution < 1.29 is 8.42 Å². The summed E-state index contributed by atoms with van der Waals surface area (Å²) in [6, 6.07) is 0. The predicted octanol–water partition coefficient (Wildman–Crippen LogP) is 1.08. The smallest absolute Gasteiger partial charge is 0.211 e. The molecule has 0 aliphatic heterocycles. The Morgan fingerprint density at radius 3 is 2.40 bits per heavy atom. The molecule has 0 rings (SSSR count). The lowest BCUT2D eigenvalue weighted by Gasteiger charge is -2.06. The summed E-state index contributed by atoms with van der Waals surface area (Å²) in [5.41, 5.74) is 5.25. The Kier molecular flexibility index (Phi) is 8.00. The highest BCUT2D eigenvalue weighted by atomic mass is 32.2. The maximum absolute atomic E-state index is 11.3. The molecule has 0 heterocycles. The van der Waals surface area contributed by atoms with Gasteiger partial charge >= 0.3 is 0 Å². The van der Waals surface area contributed by atoms with E-state index in [2.05, 4.69) is 18.6 Å². The second-order valence-electron chi connectivity index (χ2n) is 4.25. The normalized spacial score (nSPS) is 12.3. The molecule has 0 amide bonds. The second-order valence-corrected chi connectivity index (χ2v) is 6.17. The van der Waals surface area contributed by atoms with Crippen LogP contribution in [-0.4, -0.2) is 27.3 Å². The highest BCUT2D eigenvalue weighted by molar-refractivity contribution is 7.89. The zero-order valence-electron chi connectivity index (χ0n) is 9.83. The minimum Gasteiger partial charge on any atom is -0.330 e. The third-order valence-electron chi connectivity index (χ3n) is 2.15. The van der Waals surface area contributed by atoms with Crippen molar-refractivity contribution in [3.63, 3.8) is 0 Å². The topological polar surface area (TPSA) is 72.2 Å². The molecule has 0 aromatic rings. The van der Waals surface area contributed by atoms with Gasteiger partial charge in [-0.25, -0.2) is 13.1 Å². The lowest BCUT2D eigenvalue weighted by atomic mass is 10.1. The molecule has 0 bridgehead atoms. The Labute approximate surface area is 93.7 Å². The zero-order valence-corrected chi connectivity index (χ0v) is 10.6. The molecule has 0 aliphatic rings. The molecule has 92 valence electrons. The number of rotatable bonds is 9. The van der Waals surface area contributed by atoms with Gasteiger partial charge < -0.3 is 5.73 Å². The lowest BCUT2D eigenvalue weighted by molar-refractivity contribution is 0.530. The zero-order chi connectivity index (χ0) is 11.7. The summed E-state index contributed by atoms with van der Waals surface area (Å²) < 4.78 is 25.2. The van der Waals surface area contributed by atoms with Crippen LogP contribution in [-0.2, 0) is 10.0 Å². The summed E-state index contributed by atoms with van der Waals surface area (Å²) in [5.74, 6) is 0.840. The van der Waals surface area contributed by atoms with Crippen molar-refractivity contribution in [1.82, 2.24) is 4.72 Å². The molecule has 0 saturated carbocycles. The fourth-order valence-corrected chi connectivity index (χ4v) is 2.40. The van der Waals surface area contributed by atoms with Crippen LogP contribution < -0.4 is 10.5 Å². The minimum atomic E-state index is -3.07. The van der Waals surface area contributed by atoms with E-state index in [4.69, 9.17) is 5.73 Å². The van der Waals surface area contributed by atoms with Gasteiger partial charge in [0.1, 0.15) is 0 Å². The molecule has 0 spiro atoms. The van der Waals surface area contributed by atoms with Gasteiger partial charge in [0, 0.05) is 6.54 Å². The standard InChI is InChI=1S/C10H24N2O2S/c1-10(2)6-3-4-8-12-15(13,14)9-5-7-11/h10,12H,3-9,11H2,1-2H3. The van der Waals surface area contributed by atoms with Gasteiger partial charge in [0.2, 0.25) is 10.0 Å². The molecule has 0 aromatic carbocycles. The first-order valence-corrected chi connectivity index (χ1v) is 7.30. The van der Waals surface area contributed by atoms with Crippen molar-refractivity contribution in [1.29, 1.82) is 0 Å². The third kappa shape index (κ3) is 10.2. The summed E-state index contributed by atoms with van der Waals surface area (Å²) in [6.45, 7) is 5.32. The van der Waals surface area contributed by atoms with Gasteiger partial charge in [-0.3, -0.25) is 0 Å². The molecule has 0 atom stereocenters. The fourth-order valence-electron chi connectivity index (χ4n) is 1.25. The van der Waals surface area contributed by atoms with E-state index in [0.29, 0.717) is 25.4 Å². The van der Waals surface area contributed by atoms with E-state index in [-0.39, 0.29) is 5.75 Å². The first-order chi connectivity index (χ1) is 6.98. The van der Waals surface area contributed by atoms with Gasteiger partial charge in [0.05, 0.1) is 5.75 Å². The van der Waals surface area contributed by atoms with Gasteiger partial charge in [-0.05, 0) is 25.3 Å². The quantitative estimate of drug-likeness (QED) is 0.588. The van der Waals surface area contributed by atoms with Crippen LogP contribution in [0.25, 0.3) is 0 Å². The lowest BCUT2D eigenvalue weighted by Crippen LogP contribution is -2.28. The van der Waals surface area contributed by atoms with Crippen LogP contribution in [0, 0.1) is 5.92 Å².